The third-order valence-corrected chi connectivity index (χ3v) is 4.53. The summed E-state index contributed by atoms with van der Waals surface area (Å²) in [5.74, 6) is 1.50. The first kappa shape index (κ1) is 17.2. The molecular weight excluding hydrogens is 318 g/mol. The third kappa shape index (κ3) is 5.89. The molecule has 0 aliphatic rings. The third-order valence-electron chi connectivity index (χ3n) is 3.12. The lowest BCUT2D eigenvalue weighted by Gasteiger charge is -2.12. The first-order valence-electron chi connectivity index (χ1n) is 7.07. The van der Waals surface area contributed by atoms with Crippen LogP contribution < -0.4 is 10.1 Å². The molecule has 5 heteroatoms. The molecule has 2 N–H and O–H groups in total. The minimum atomic E-state index is -0.390. The molecule has 0 amide bonds. The van der Waals surface area contributed by atoms with Crippen molar-refractivity contribution < 1.29 is 9.84 Å². The lowest BCUT2D eigenvalue weighted by Crippen LogP contribution is -2.28. The van der Waals surface area contributed by atoms with Gasteiger partial charge < -0.3 is 15.2 Å². The predicted octanol–water partition coefficient (Wildman–Crippen LogP) is 3.59. The average Bonchev–Trinajstić information content (AvgIpc) is 2.55. The predicted molar refractivity (Wildman–Crippen MR) is 92.9 cm³/mol. The van der Waals surface area contributed by atoms with Gasteiger partial charge in [0.2, 0.25) is 0 Å². The van der Waals surface area contributed by atoms with Crippen LogP contribution in [0.2, 0.25) is 5.02 Å². The van der Waals surface area contributed by atoms with Crippen molar-refractivity contribution >= 4 is 23.4 Å². The number of hydrogen-bond acceptors (Lipinski definition) is 4. The fourth-order valence-electron chi connectivity index (χ4n) is 1.91. The number of aliphatic hydroxyl groups is 1. The molecule has 0 bridgehead atoms. The molecule has 22 heavy (non-hydrogen) atoms. The molecule has 118 valence electrons. The summed E-state index contributed by atoms with van der Waals surface area (Å²) in [6.45, 7) is 1.29. The van der Waals surface area contributed by atoms with Crippen molar-refractivity contribution in [3.63, 3.8) is 0 Å². The normalized spacial score (nSPS) is 12.1. The zero-order chi connectivity index (χ0) is 15.8. The molecule has 0 aliphatic heterocycles. The standard InChI is InChI=1S/C17H20ClNO2S/c1-21-16-6-2-13(3-7-16)10-19-11-15(20)12-22-17-8-4-14(18)5-9-17/h2-9,15,19-20H,10-12H2,1H3. The van der Waals surface area contributed by atoms with Crippen LogP contribution in [0, 0.1) is 0 Å². The number of aliphatic hydroxyl groups excluding tert-OH is 1. The Morgan fingerprint density at radius 2 is 1.82 bits per heavy atom. The molecule has 2 aromatic carbocycles. The van der Waals surface area contributed by atoms with Crippen LogP contribution in [-0.4, -0.2) is 30.6 Å². The van der Waals surface area contributed by atoms with Gasteiger partial charge >= 0.3 is 0 Å². The summed E-state index contributed by atoms with van der Waals surface area (Å²) < 4.78 is 5.12. The van der Waals surface area contributed by atoms with E-state index in [9.17, 15) is 5.11 Å². The Morgan fingerprint density at radius 3 is 2.45 bits per heavy atom. The van der Waals surface area contributed by atoms with Gasteiger partial charge in [-0.15, -0.1) is 11.8 Å². The zero-order valence-electron chi connectivity index (χ0n) is 12.5. The van der Waals surface area contributed by atoms with Crippen LogP contribution in [0.1, 0.15) is 5.56 Å². The summed E-state index contributed by atoms with van der Waals surface area (Å²) in [5, 5.41) is 14.0. The lowest BCUT2D eigenvalue weighted by atomic mass is 10.2. The van der Waals surface area contributed by atoms with Gasteiger partial charge in [-0.2, -0.15) is 0 Å². The van der Waals surface area contributed by atoms with E-state index in [2.05, 4.69) is 5.32 Å². The van der Waals surface area contributed by atoms with Crippen LogP contribution in [0.5, 0.6) is 5.75 Å². The quantitative estimate of drug-likeness (QED) is 0.722. The van der Waals surface area contributed by atoms with Gasteiger partial charge in [0.25, 0.3) is 0 Å². The molecule has 1 atom stereocenters. The fraction of sp³-hybridized carbons (Fsp3) is 0.294. The molecule has 0 spiro atoms. The van der Waals surface area contributed by atoms with Crippen molar-refractivity contribution in [1.29, 1.82) is 0 Å². The number of nitrogens with one attached hydrogen (secondary N) is 1. The maximum atomic E-state index is 10.00. The van der Waals surface area contributed by atoms with Gasteiger partial charge in [-0.1, -0.05) is 23.7 Å². The number of rotatable bonds is 8. The van der Waals surface area contributed by atoms with E-state index in [0.29, 0.717) is 12.3 Å². The van der Waals surface area contributed by atoms with Crippen molar-refractivity contribution in [2.45, 2.75) is 17.5 Å². The van der Waals surface area contributed by atoms with E-state index < -0.39 is 0 Å². The van der Waals surface area contributed by atoms with E-state index in [4.69, 9.17) is 16.3 Å². The minimum Gasteiger partial charge on any atom is -0.497 e. The van der Waals surface area contributed by atoms with Gasteiger partial charge in [0, 0.05) is 28.8 Å². The highest BCUT2D eigenvalue weighted by molar-refractivity contribution is 7.99. The maximum Gasteiger partial charge on any atom is 0.118 e. The van der Waals surface area contributed by atoms with E-state index in [0.717, 1.165) is 22.2 Å². The Labute approximate surface area is 140 Å². The van der Waals surface area contributed by atoms with Gasteiger partial charge in [-0.3, -0.25) is 0 Å². The van der Waals surface area contributed by atoms with Crippen molar-refractivity contribution in [2.24, 2.45) is 0 Å². The molecule has 2 rings (SSSR count). The molecule has 0 saturated carbocycles. The Bertz CT molecular complexity index is 560. The summed E-state index contributed by atoms with van der Waals surface area (Å²) in [6, 6.07) is 15.5. The highest BCUT2D eigenvalue weighted by Gasteiger charge is 2.05. The number of ether oxygens (including phenoxy) is 1. The molecule has 0 fully saturated rings. The topological polar surface area (TPSA) is 41.5 Å². The van der Waals surface area contributed by atoms with E-state index in [1.807, 2.05) is 48.5 Å². The zero-order valence-corrected chi connectivity index (χ0v) is 14.0. The monoisotopic (exact) mass is 337 g/mol. The van der Waals surface area contributed by atoms with Crippen LogP contribution in [-0.2, 0) is 6.54 Å². The summed E-state index contributed by atoms with van der Waals surface area (Å²) in [6.07, 6.45) is -0.390. The largest absolute Gasteiger partial charge is 0.497 e. The van der Waals surface area contributed by atoms with Crippen LogP contribution in [0.25, 0.3) is 0 Å². The SMILES string of the molecule is COc1ccc(CNCC(O)CSc2ccc(Cl)cc2)cc1. The minimum absolute atomic E-state index is 0.390. The van der Waals surface area contributed by atoms with Gasteiger partial charge in [0.05, 0.1) is 13.2 Å². The smallest absolute Gasteiger partial charge is 0.118 e. The molecule has 2 aromatic rings. The second kappa shape index (κ2) is 9.06. The van der Waals surface area contributed by atoms with E-state index in [-0.39, 0.29) is 6.10 Å². The summed E-state index contributed by atoms with van der Waals surface area (Å²) in [4.78, 5) is 1.11. The molecule has 0 aromatic heterocycles. The molecule has 1 unspecified atom stereocenters. The van der Waals surface area contributed by atoms with E-state index in [1.54, 1.807) is 18.9 Å². The molecule has 3 nitrogen and oxygen atoms in total. The van der Waals surface area contributed by atoms with E-state index >= 15 is 0 Å². The molecule has 0 saturated heterocycles. The van der Waals surface area contributed by atoms with Gasteiger partial charge in [-0.25, -0.2) is 0 Å². The van der Waals surface area contributed by atoms with Crippen molar-refractivity contribution in [1.82, 2.24) is 5.32 Å². The second-order valence-corrected chi connectivity index (χ2v) is 6.43. The number of hydrogen-bond donors (Lipinski definition) is 2. The number of thioether (sulfide) groups is 1. The van der Waals surface area contributed by atoms with Gasteiger partial charge in [-0.05, 0) is 42.0 Å². The maximum absolute atomic E-state index is 10.00. The summed E-state index contributed by atoms with van der Waals surface area (Å²) >= 11 is 7.47. The van der Waals surface area contributed by atoms with Crippen LogP contribution in [0.15, 0.2) is 53.4 Å². The van der Waals surface area contributed by atoms with Crippen LogP contribution >= 0.6 is 23.4 Å². The highest BCUT2D eigenvalue weighted by Crippen LogP contribution is 2.20. The Morgan fingerprint density at radius 1 is 1.14 bits per heavy atom. The van der Waals surface area contributed by atoms with Gasteiger partial charge in [0.15, 0.2) is 0 Å². The lowest BCUT2D eigenvalue weighted by molar-refractivity contribution is 0.195. The van der Waals surface area contributed by atoms with Gasteiger partial charge in [0.1, 0.15) is 5.75 Å². The first-order valence-corrected chi connectivity index (χ1v) is 8.44. The van der Waals surface area contributed by atoms with Crippen molar-refractivity contribution in [2.75, 3.05) is 19.4 Å². The molecule has 0 radical (unpaired) electrons. The average molecular weight is 338 g/mol. The summed E-state index contributed by atoms with van der Waals surface area (Å²) in [7, 11) is 1.65. The fourth-order valence-corrected chi connectivity index (χ4v) is 2.87. The molecule has 0 heterocycles. The van der Waals surface area contributed by atoms with Crippen molar-refractivity contribution in [3.05, 3.63) is 59.1 Å². The number of halogens is 1. The molecular formula is C17H20ClNO2S. The Balaban J connectivity index is 1.66. The number of benzene rings is 2. The number of methoxy groups -OCH3 is 1. The second-order valence-electron chi connectivity index (χ2n) is 4.90. The van der Waals surface area contributed by atoms with Crippen molar-refractivity contribution in [3.8, 4) is 5.75 Å². The van der Waals surface area contributed by atoms with Crippen LogP contribution in [0.4, 0.5) is 0 Å². The highest BCUT2D eigenvalue weighted by atomic mass is 35.5. The van der Waals surface area contributed by atoms with Crippen LogP contribution in [0.3, 0.4) is 0 Å². The first-order chi connectivity index (χ1) is 10.7. The van der Waals surface area contributed by atoms with E-state index in [1.165, 1.54) is 5.56 Å². The Kier molecular flexibility index (Phi) is 7.06. The summed E-state index contributed by atoms with van der Waals surface area (Å²) in [5.41, 5.74) is 1.17. The Hall–Kier alpha value is -1.20. The molecule has 0 aliphatic carbocycles.